The number of nitrogens with one attached hydrogen (secondary N) is 3. The van der Waals surface area contributed by atoms with E-state index >= 15 is 0 Å². The molecular weight excluding hydrogens is 380 g/mol. The number of ether oxygens (including phenoxy) is 1. The minimum Gasteiger partial charge on any atom is -0.435 e. The largest absolute Gasteiger partial charge is 0.435 e. The molecule has 3 aromatic rings. The number of aromatic amines is 1. The van der Waals surface area contributed by atoms with E-state index in [4.69, 9.17) is 0 Å². The lowest BCUT2D eigenvalue weighted by Gasteiger charge is -2.09. The second-order valence-electron chi connectivity index (χ2n) is 6.73. The quantitative estimate of drug-likeness (QED) is 0.553. The molecule has 1 heterocycles. The van der Waals surface area contributed by atoms with E-state index in [1.54, 1.807) is 24.3 Å². The number of carbonyl (C=O) groups is 1. The van der Waals surface area contributed by atoms with Crippen molar-refractivity contribution in [2.24, 2.45) is 0 Å². The van der Waals surface area contributed by atoms with E-state index in [0.29, 0.717) is 17.4 Å². The molecule has 1 saturated carbocycles. The first-order chi connectivity index (χ1) is 14.1. The minimum atomic E-state index is -2.86. The average molecular weight is 399 g/mol. The van der Waals surface area contributed by atoms with E-state index in [2.05, 4.69) is 30.6 Å². The van der Waals surface area contributed by atoms with Gasteiger partial charge in [-0.05, 0) is 54.8 Å². The normalized spacial score (nSPS) is 13.3. The molecule has 1 fully saturated rings. The maximum absolute atomic E-state index is 12.1. The fraction of sp³-hybridized carbons (Fsp3) is 0.250. The number of nitrogens with zero attached hydrogens (tertiary/aromatic N) is 2. The van der Waals surface area contributed by atoms with Crippen LogP contribution in [0.2, 0.25) is 0 Å². The van der Waals surface area contributed by atoms with Crippen LogP contribution in [0.1, 0.15) is 30.1 Å². The van der Waals surface area contributed by atoms with Crippen molar-refractivity contribution in [1.29, 1.82) is 0 Å². The second kappa shape index (κ2) is 8.26. The van der Waals surface area contributed by atoms with Crippen LogP contribution in [-0.2, 0) is 6.54 Å². The van der Waals surface area contributed by atoms with Gasteiger partial charge in [-0.3, -0.25) is 5.10 Å². The molecule has 1 aliphatic rings. The second-order valence-corrected chi connectivity index (χ2v) is 6.73. The van der Waals surface area contributed by atoms with E-state index in [1.807, 2.05) is 12.1 Å². The summed E-state index contributed by atoms with van der Waals surface area (Å²) in [7, 11) is 0. The molecule has 0 radical (unpaired) electrons. The van der Waals surface area contributed by atoms with Crippen LogP contribution < -0.4 is 15.4 Å². The Bertz CT molecular complexity index is 969. The number of anilines is 1. The monoisotopic (exact) mass is 399 g/mol. The smallest absolute Gasteiger partial charge is 0.387 e. The van der Waals surface area contributed by atoms with Crippen molar-refractivity contribution in [2.75, 3.05) is 5.32 Å². The topological polar surface area (TPSA) is 91.9 Å². The van der Waals surface area contributed by atoms with Gasteiger partial charge in [-0.1, -0.05) is 12.1 Å². The number of hydrogen-bond donors (Lipinski definition) is 3. The first-order valence-electron chi connectivity index (χ1n) is 9.18. The van der Waals surface area contributed by atoms with Crippen molar-refractivity contribution >= 4 is 11.7 Å². The van der Waals surface area contributed by atoms with Gasteiger partial charge in [0.25, 0.3) is 0 Å². The van der Waals surface area contributed by atoms with Gasteiger partial charge in [0.15, 0.2) is 5.82 Å². The Hall–Kier alpha value is -3.49. The van der Waals surface area contributed by atoms with Gasteiger partial charge in [-0.15, -0.1) is 0 Å². The number of urea groups is 1. The zero-order valence-electron chi connectivity index (χ0n) is 15.4. The summed E-state index contributed by atoms with van der Waals surface area (Å²) in [4.78, 5) is 16.6. The molecule has 2 aromatic carbocycles. The zero-order chi connectivity index (χ0) is 20.2. The number of rotatable bonds is 7. The summed E-state index contributed by atoms with van der Waals surface area (Å²) in [5, 5.41) is 12.7. The zero-order valence-corrected chi connectivity index (χ0v) is 15.4. The van der Waals surface area contributed by atoms with E-state index < -0.39 is 6.61 Å². The molecule has 7 nitrogen and oxygen atoms in total. The number of alkyl halides is 2. The van der Waals surface area contributed by atoms with Crippen LogP contribution in [0.4, 0.5) is 19.3 Å². The van der Waals surface area contributed by atoms with Crippen molar-refractivity contribution < 1.29 is 18.3 Å². The van der Waals surface area contributed by atoms with Crippen molar-refractivity contribution in [3.8, 4) is 17.1 Å². The van der Waals surface area contributed by atoms with Crippen LogP contribution in [0.15, 0.2) is 48.5 Å². The van der Waals surface area contributed by atoms with E-state index in [9.17, 15) is 13.6 Å². The standard InChI is InChI=1S/C20H19F2N5O2/c21-19(22)29-16-9-1-12(2-10-16)11-23-20(28)24-15-7-5-14(6-8-15)18-25-17(26-27-18)13-3-4-13/h1-2,5-10,13,19H,3-4,11H2,(H2,23,24,28)(H,25,26,27). The van der Waals surface area contributed by atoms with Crippen molar-refractivity contribution in [1.82, 2.24) is 20.5 Å². The average Bonchev–Trinajstić information content (AvgIpc) is 3.45. The summed E-state index contributed by atoms with van der Waals surface area (Å²) in [6, 6.07) is 12.9. The Morgan fingerprint density at radius 3 is 2.52 bits per heavy atom. The van der Waals surface area contributed by atoms with Crippen molar-refractivity contribution in [2.45, 2.75) is 31.9 Å². The highest BCUT2D eigenvalue weighted by molar-refractivity contribution is 5.89. The van der Waals surface area contributed by atoms with Crippen LogP contribution in [-0.4, -0.2) is 27.8 Å². The summed E-state index contributed by atoms with van der Waals surface area (Å²) < 4.78 is 28.6. The highest BCUT2D eigenvalue weighted by atomic mass is 19.3. The molecule has 3 N–H and O–H groups in total. The van der Waals surface area contributed by atoms with Crippen molar-refractivity contribution in [3.63, 3.8) is 0 Å². The first kappa shape index (κ1) is 18.9. The van der Waals surface area contributed by atoms with Crippen LogP contribution in [0.3, 0.4) is 0 Å². The maximum atomic E-state index is 12.1. The van der Waals surface area contributed by atoms with E-state index in [1.165, 1.54) is 12.1 Å². The third-order valence-electron chi connectivity index (χ3n) is 4.47. The van der Waals surface area contributed by atoms with Gasteiger partial charge in [0.05, 0.1) is 0 Å². The molecule has 0 aliphatic heterocycles. The highest BCUT2D eigenvalue weighted by Gasteiger charge is 2.27. The summed E-state index contributed by atoms with van der Waals surface area (Å²) in [5.74, 6) is 2.15. The van der Waals surface area contributed by atoms with Gasteiger partial charge in [-0.2, -0.15) is 13.9 Å². The number of benzene rings is 2. The van der Waals surface area contributed by atoms with Crippen LogP contribution in [0, 0.1) is 0 Å². The van der Waals surface area contributed by atoms with E-state index in [-0.39, 0.29) is 18.3 Å². The summed E-state index contributed by atoms with van der Waals surface area (Å²) in [6.07, 6.45) is 2.31. The minimum absolute atomic E-state index is 0.0731. The Balaban J connectivity index is 1.27. The number of amides is 2. The number of H-pyrrole nitrogens is 1. The maximum Gasteiger partial charge on any atom is 0.387 e. The molecule has 1 aliphatic carbocycles. The molecule has 0 saturated heterocycles. The molecule has 0 unspecified atom stereocenters. The predicted molar refractivity (Wildman–Crippen MR) is 103 cm³/mol. The van der Waals surface area contributed by atoms with Crippen LogP contribution >= 0.6 is 0 Å². The molecule has 29 heavy (non-hydrogen) atoms. The lowest BCUT2D eigenvalue weighted by molar-refractivity contribution is -0.0498. The Labute approximate surface area is 165 Å². The summed E-state index contributed by atoms with van der Waals surface area (Å²) in [5.41, 5.74) is 2.25. The van der Waals surface area contributed by atoms with Gasteiger partial charge in [-0.25, -0.2) is 9.78 Å². The molecule has 0 spiro atoms. The fourth-order valence-electron chi connectivity index (χ4n) is 2.79. The third-order valence-corrected chi connectivity index (χ3v) is 4.47. The van der Waals surface area contributed by atoms with Gasteiger partial charge in [0.2, 0.25) is 0 Å². The molecule has 150 valence electrons. The molecule has 0 atom stereocenters. The Kier molecular flexibility index (Phi) is 5.37. The predicted octanol–water partition coefficient (Wildman–Crippen LogP) is 4.27. The summed E-state index contributed by atoms with van der Waals surface area (Å²) >= 11 is 0. The summed E-state index contributed by atoms with van der Waals surface area (Å²) in [6.45, 7) is -2.61. The number of aromatic nitrogens is 3. The highest BCUT2D eigenvalue weighted by Crippen LogP contribution is 2.38. The number of halogens is 2. The number of carbonyl (C=O) groups excluding carboxylic acids is 1. The number of hydrogen-bond acceptors (Lipinski definition) is 4. The molecular formula is C20H19F2N5O2. The molecule has 9 heteroatoms. The molecule has 4 rings (SSSR count). The SMILES string of the molecule is O=C(NCc1ccc(OC(F)F)cc1)Nc1ccc(-c2n[nH]c(C3CC3)n2)cc1. The fourth-order valence-corrected chi connectivity index (χ4v) is 2.79. The lowest BCUT2D eigenvalue weighted by atomic mass is 10.2. The van der Waals surface area contributed by atoms with Gasteiger partial charge < -0.3 is 15.4 Å². The Morgan fingerprint density at radius 1 is 1.14 bits per heavy atom. The third kappa shape index (κ3) is 5.07. The lowest BCUT2D eigenvalue weighted by Crippen LogP contribution is -2.28. The van der Waals surface area contributed by atoms with Crippen LogP contribution in [0.25, 0.3) is 11.4 Å². The molecule has 0 bridgehead atoms. The Morgan fingerprint density at radius 2 is 1.86 bits per heavy atom. The van der Waals surface area contributed by atoms with Gasteiger partial charge in [0, 0.05) is 23.7 Å². The van der Waals surface area contributed by atoms with Gasteiger partial charge in [0.1, 0.15) is 11.6 Å². The molecule has 2 amide bonds. The van der Waals surface area contributed by atoms with E-state index in [0.717, 1.165) is 29.8 Å². The van der Waals surface area contributed by atoms with Crippen molar-refractivity contribution in [3.05, 3.63) is 59.9 Å². The van der Waals surface area contributed by atoms with Crippen LogP contribution in [0.5, 0.6) is 5.75 Å². The molecule has 1 aromatic heterocycles. The van der Waals surface area contributed by atoms with Gasteiger partial charge >= 0.3 is 12.6 Å². The first-order valence-corrected chi connectivity index (χ1v) is 9.18.